The van der Waals surface area contributed by atoms with Crippen LogP contribution >= 0.6 is 0 Å². The number of carboxylic acid groups (broad SMARTS) is 1. The van der Waals surface area contributed by atoms with E-state index in [0.717, 1.165) is 12.8 Å². The van der Waals surface area contributed by atoms with Crippen LogP contribution in [0.1, 0.15) is 29.6 Å². The van der Waals surface area contributed by atoms with Gasteiger partial charge in [-0.1, -0.05) is 12.1 Å². The maximum Gasteiger partial charge on any atom is 0.337 e. The van der Waals surface area contributed by atoms with Gasteiger partial charge in [-0.15, -0.1) is 0 Å². The topological polar surface area (TPSA) is 83.5 Å². The van der Waals surface area contributed by atoms with Gasteiger partial charge in [-0.2, -0.15) is 0 Å². The third-order valence-electron chi connectivity index (χ3n) is 3.50. The molecule has 1 aliphatic carbocycles. The first kappa shape index (κ1) is 13.9. The van der Waals surface area contributed by atoms with Crippen molar-refractivity contribution in [3.63, 3.8) is 0 Å². The first-order chi connectivity index (χ1) is 8.89. The molecule has 1 aromatic rings. The summed E-state index contributed by atoms with van der Waals surface area (Å²) < 4.78 is 23.4. The van der Waals surface area contributed by atoms with E-state index >= 15 is 0 Å². The van der Waals surface area contributed by atoms with Crippen LogP contribution in [0.25, 0.3) is 0 Å². The molecule has 0 radical (unpaired) electrons. The molecule has 0 bridgehead atoms. The van der Waals surface area contributed by atoms with Gasteiger partial charge in [-0.25, -0.2) is 13.2 Å². The SMILES string of the molecule is CS(=O)(=O)C1CCCC1Nc1ccccc1C(=O)O. The standard InChI is InChI=1S/C13H17NO4S/c1-19(17,18)12-8-4-7-11(12)14-10-6-3-2-5-9(10)13(15)16/h2-3,5-6,11-12,14H,4,7-8H2,1H3,(H,15,16). The van der Waals surface area contributed by atoms with Crippen LogP contribution in [0.2, 0.25) is 0 Å². The van der Waals surface area contributed by atoms with Crippen LogP contribution < -0.4 is 5.32 Å². The molecule has 0 amide bonds. The average molecular weight is 283 g/mol. The van der Waals surface area contributed by atoms with Gasteiger partial charge < -0.3 is 10.4 Å². The second-order valence-corrected chi connectivity index (χ2v) is 7.17. The number of sulfone groups is 1. The third-order valence-corrected chi connectivity index (χ3v) is 5.16. The molecule has 1 fully saturated rings. The van der Waals surface area contributed by atoms with Crippen LogP contribution in [0, 0.1) is 0 Å². The molecule has 0 aliphatic heterocycles. The lowest BCUT2D eigenvalue weighted by atomic mass is 10.1. The number of para-hydroxylation sites is 1. The van der Waals surface area contributed by atoms with E-state index in [1.54, 1.807) is 18.2 Å². The van der Waals surface area contributed by atoms with Gasteiger partial charge >= 0.3 is 5.97 Å². The minimum absolute atomic E-state index is 0.168. The fourth-order valence-corrected chi connectivity index (χ4v) is 3.99. The molecular formula is C13H17NO4S. The van der Waals surface area contributed by atoms with Crippen molar-refractivity contribution in [2.45, 2.75) is 30.6 Å². The molecule has 1 aliphatic rings. The highest BCUT2D eigenvalue weighted by molar-refractivity contribution is 7.91. The van der Waals surface area contributed by atoms with Crippen molar-refractivity contribution in [3.8, 4) is 0 Å². The van der Waals surface area contributed by atoms with E-state index in [0.29, 0.717) is 12.1 Å². The van der Waals surface area contributed by atoms with E-state index in [9.17, 15) is 13.2 Å². The number of aromatic carboxylic acids is 1. The molecule has 0 saturated heterocycles. The normalized spacial score (nSPS) is 23.2. The molecule has 19 heavy (non-hydrogen) atoms. The van der Waals surface area contributed by atoms with Gasteiger partial charge in [0.15, 0.2) is 9.84 Å². The highest BCUT2D eigenvalue weighted by atomic mass is 32.2. The molecule has 1 saturated carbocycles. The van der Waals surface area contributed by atoms with Crippen molar-refractivity contribution in [3.05, 3.63) is 29.8 Å². The highest BCUT2D eigenvalue weighted by Crippen LogP contribution is 2.29. The highest BCUT2D eigenvalue weighted by Gasteiger charge is 2.35. The van der Waals surface area contributed by atoms with Crippen molar-refractivity contribution >= 4 is 21.5 Å². The number of hydrogen-bond acceptors (Lipinski definition) is 4. The zero-order valence-corrected chi connectivity index (χ0v) is 11.5. The second kappa shape index (κ2) is 5.21. The Morgan fingerprint density at radius 3 is 2.63 bits per heavy atom. The van der Waals surface area contributed by atoms with Gasteiger partial charge in [0.2, 0.25) is 0 Å². The Balaban J connectivity index is 2.24. The molecule has 5 nitrogen and oxygen atoms in total. The largest absolute Gasteiger partial charge is 0.478 e. The van der Waals surface area contributed by atoms with E-state index in [1.165, 1.54) is 12.3 Å². The van der Waals surface area contributed by atoms with Gasteiger partial charge in [0.1, 0.15) is 0 Å². The van der Waals surface area contributed by atoms with Gasteiger partial charge in [0, 0.05) is 18.0 Å². The van der Waals surface area contributed by atoms with Gasteiger partial charge in [-0.05, 0) is 31.4 Å². The number of carboxylic acids is 1. The van der Waals surface area contributed by atoms with Gasteiger partial charge in [0.05, 0.1) is 10.8 Å². The first-order valence-electron chi connectivity index (χ1n) is 6.17. The Bertz CT molecular complexity index is 582. The Hall–Kier alpha value is -1.56. The van der Waals surface area contributed by atoms with E-state index in [1.807, 2.05) is 0 Å². The summed E-state index contributed by atoms with van der Waals surface area (Å²) in [5, 5.41) is 11.8. The summed E-state index contributed by atoms with van der Waals surface area (Å²) in [6, 6.07) is 6.35. The molecule has 6 heteroatoms. The minimum Gasteiger partial charge on any atom is -0.478 e. The fraction of sp³-hybridized carbons (Fsp3) is 0.462. The monoisotopic (exact) mass is 283 g/mol. The summed E-state index contributed by atoms with van der Waals surface area (Å²) in [5.41, 5.74) is 0.650. The smallest absolute Gasteiger partial charge is 0.337 e. The number of benzene rings is 1. The number of nitrogens with one attached hydrogen (secondary N) is 1. The summed E-state index contributed by atoms with van der Waals surface area (Å²) in [6.07, 6.45) is 3.45. The maximum atomic E-state index is 11.7. The summed E-state index contributed by atoms with van der Waals surface area (Å²) >= 11 is 0. The van der Waals surface area contributed by atoms with Crippen LogP contribution in [0.4, 0.5) is 5.69 Å². The molecular weight excluding hydrogens is 266 g/mol. The quantitative estimate of drug-likeness (QED) is 0.879. The molecule has 1 aromatic carbocycles. The lowest BCUT2D eigenvalue weighted by molar-refractivity contribution is 0.0698. The molecule has 104 valence electrons. The molecule has 0 aromatic heterocycles. The molecule has 2 N–H and O–H groups in total. The number of hydrogen-bond donors (Lipinski definition) is 2. The molecule has 2 rings (SSSR count). The van der Waals surface area contributed by atoms with Crippen LogP contribution in [0.3, 0.4) is 0 Å². The predicted octanol–water partition coefficient (Wildman–Crippen LogP) is 1.76. The van der Waals surface area contributed by atoms with Crippen LogP contribution in [0.5, 0.6) is 0 Å². The summed E-state index contributed by atoms with van der Waals surface area (Å²) in [7, 11) is -3.11. The molecule has 2 unspecified atom stereocenters. The molecule has 2 atom stereocenters. The van der Waals surface area contributed by atoms with Crippen molar-refractivity contribution in [1.29, 1.82) is 0 Å². The summed E-state index contributed by atoms with van der Waals surface area (Å²) in [6.45, 7) is 0. The van der Waals surface area contributed by atoms with Crippen molar-refractivity contribution in [1.82, 2.24) is 0 Å². The third kappa shape index (κ3) is 3.07. The van der Waals surface area contributed by atoms with Gasteiger partial charge in [-0.3, -0.25) is 0 Å². The lowest BCUT2D eigenvalue weighted by Crippen LogP contribution is -2.34. The van der Waals surface area contributed by atoms with Crippen molar-refractivity contribution in [2.75, 3.05) is 11.6 Å². The van der Waals surface area contributed by atoms with Crippen LogP contribution in [-0.2, 0) is 9.84 Å². The van der Waals surface area contributed by atoms with E-state index in [2.05, 4.69) is 5.32 Å². The Labute approximate surface area is 112 Å². The average Bonchev–Trinajstić information content (AvgIpc) is 2.77. The van der Waals surface area contributed by atoms with Crippen molar-refractivity contribution in [2.24, 2.45) is 0 Å². The zero-order chi connectivity index (χ0) is 14.0. The number of carbonyl (C=O) groups is 1. The molecule has 0 spiro atoms. The summed E-state index contributed by atoms with van der Waals surface area (Å²) in [5.74, 6) is -1.02. The van der Waals surface area contributed by atoms with E-state index < -0.39 is 21.1 Å². The minimum atomic E-state index is -3.11. The van der Waals surface area contributed by atoms with Gasteiger partial charge in [0.25, 0.3) is 0 Å². The Kier molecular flexibility index (Phi) is 3.80. The maximum absolute atomic E-state index is 11.7. The van der Waals surface area contributed by atoms with Crippen molar-refractivity contribution < 1.29 is 18.3 Å². The van der Waals surface area contributed by atoms with Crippen LogP contribution in [0.15, 0.2) is 24.3 Å². The predicted molar refractivity (Wildman–Crippen MR) is 73.3 cm³/mol. The summed E-state index contributed by atoms with van der Waals surface area (Å²) in [4.78, 5) is 11.1. The number of rotatable bonds is 4. The Morgan fingerprint density at radius 2 is 2.00 bits per heavy atom. The zero-order valence-electron chi connectivity index (χ0n) is 10.7. The molecule has 0 heterocycles. The second-order valence-electron chi connectivity index (χ2n) is 4.90. The fourth-order valence-electron chi connectivity index (χ4n) is 2.60. The number of anilines is 1. The first-order valence-corrected chi connectivity index (χ1v) is 8.13. The Morgan fingerprint density at radius 1 is 1.32 bits per heavy atom. The van der Waals surface area contributed by atoms with E-state index in [-0.39, 0.29) is 11.6 Å². The lowest BCUT2D eigenvalue weighted by Gasteiger charge is -2.21. The van der Waals surface area contributed by atoms with E-state index in [4.69, 9.17) is 5.11 Å². The van der Waals surface area contributed by atoms with Crippen LogP contribution in [-0.4, -0.2) is 37.0 Å².